The molecule has 128 valence electrons. The Morgan fingerprint density at radius 3 is 2.52 bits per heavy atom. The van der Waals surface area contributed by atoms with Crippen molar-refractivity contribution in [1.82, 2.24) is 4.31 Å². The first-order valence-corrected chi connectivity index (χ1v) is 9.35. The Balaban J connectivity index is 2.36. The molecule has 1 atom stereocenters. The van der Waals surface area contributed by atoms with Gasteiger partial charge in [0.05, 0.1) is 9.82 Å². The molecule has 1 heterocycles. The number of sulfonamides is 1. The van der Waals surface area contributed by atoms with Crippen molar-refractivity contribution in [3.63, 3.8) is 0 Å². The lowest BCUT2D eigenvalue weighted by Crippen LogP contribution is -2.35. The van der Waals surface area contributed by atoms with Gasteiger partial charge in [-0.05, 0) is 38.3 Å². The average Bonchev–Trinajstić information content (AvgIpc) is 2.55. The standard InChI is InChI=1S/C15H23N3O4S/c1-3-12(2)16-14-8-7-13(11-15(14)18(19)20)23(21,22)17-9-5-4-6-10-17/h7-8,11-12,16H,3-6,9-10H2,1-2H3. The molecule has 0 aliphatic carbocycles. The zero-order chi connectivity index (χ0) is 17.0. The van der Waals surface area contributed by atoms with Crippen molar-refractivity contribution in [2.45, 2.75) is 50.5 Å². The first-order valence-electron chi connectivity index (χ1n) is 7.91. The summed E-state index contributed by atoms with van der Waals surface area (Å²) in [5.41, 5.74) is 0.144. The molecule has 0 aromatic heterocycles. The van der Waals surface area contributed by atoms with E-state index in [4.69, 9.17) is 0 Å². The number of anilines is 1. The minimum Gasteiger partial charge on any atom is -0.377 e. The fraction of sp³-hybridized carbons (Fsp3) is 0.600. The van der Waals surface area contributed by atoms with Crippen LogP contribution in [0.2, 0.25) is 0 Å². The summed E-state index contributed by atoms with van der Waals surface area (Å²) < 4.78 is 26.7. The van der Waals surface area contributed by atoms with Crippen LogP contribution in [0.25, 0.3) is 0 Å². The molecule has 1 unspecified atom stereocenters. The van der Waals surface area contributed by atoms with Crippen LogP contribution in [0.3, 0.4) is 0 Å². The quantitative estimate of drug-likeness (QED) is 0.634. The second-order valence-electron chi connectivity index (χ2n) is 5.85. The summed E-state index contributed by atoms with van der Waals surface area (Å²) in [6.45, 7) is 4.84. The fourth-order valence-electron chi connectivity index (χ4n) is 2.57. The zero-order valence-corrected chi connectivity index (χ0v) is 14.3. The van der Waals surface area contributed by atoms with Gasteiger partial charge in [-0.2, -0.15) is 4.31 Å². The Hall–Kier alpha value is -1.67. The summed E-state index contributed by atoms with van der Waals surface area (Å²) in [6, 6.07) is 4.16. The van der Waals surface area contributed by atoms with Gasteiger partial charge >= 0.3 is 0 Å². The summed E-state index contributed by atoms with van der Waals surface area (Å²) in [5, 5.41) is 14.4. The Bertz CT molecular complexity index is 669. The average molecular weight is 341 g/mol. The van der Waals surface area contributed by atoms with Crippen LogP contribution in [0.5, 0.6) is 0 Å². The number of nitrogens with one attached hydrogen (secondary N) is 1. The van der Waals surface area contributed by atoms with Crippen molar-refractivity contribution in [3.05, 3.63) is 28.3 Å². The lowest BCUT2D eigenvalue weighted by Gasteiger charge is -2.26. The second-order valence-corrected chi connectivity index (χ2v) is 7.79. The maximum atomic E-state index is 12.6. The van der Waals surface area contributed by atoms with E-state index in [1.807, 2.05) is 13.8 Å². The summed E-state index contributed by atoms with van der Waals surface area (Å²) in [7, 11) is -3.67. The van der Waals surface area contributed by atoms with Crippen molar-refractivity contribution in [2.24, 2.45) is 0 Å². The summed E-state index contributed by atoms with van der Waals surface area (Å²) in [5.74, 6) is 0. The van der Waals surface area contributed by atoms with Gasteiger partial charge in [0.2, 0.25) is 10.0 Å². The lowest BCUT2D eigenvalue weighted by molar-refractivity contribution is -0.384. The van der Waals surface area contributed by atoms with Gasteiger partial charge < -0.3 is 5.32 Å². The fourth-order valence-corrected chi connectivity index (χ4v) is 4.10. The number of hydrogen-bond acceptors (Lipinski definition) is 5. The molecule has 8 heteroatoms. The third-order valence-electron chi connectivity index (χ3n) is 4.13. The van der Waals surface area contributed by atoms with Crippen molar-refractivity contribution in [3.8, 4) is 0 Å². The van der Waals surface area contributed by atoms with Crippen LogP contribution in [0, 0.1) is 10.1 Å². The molecule has 1 aromatic rings. The van der Waals surface area contributed by atoms with Crippen molar-refractivity contribution < 1.29 is 13.3 Å². The van der Waals surface area contributed by atoms with E-state index in [9.17, 15) is 18.5 Å². The maximum absolute atomic E-state index is 12.6. The van der Waals surface area contributed by atoms with E-state index in [1.165, 1.54) is 16.4 Å². The predicted molar refractivity (Wildman–Crippen MR) is 89.1 cm³/mol. The van der Waals surface area contributed by atoms with Gasteiger partial charge in [-0.3, -0.25) is 10.1 Å². The summed E-state index contributed by atoms with van der Waals surface area (Å²) >= 11 is 0. The molecule has 2 rings (SSSR count). The first kappa shape index (κ1) is 17.7. The van der Waals surface area contributed by atoms with Crippen LogP contribution >= 0.6 is 0 Å². The van der Waals surface area contributed by atoms with E-state index in [-0.39, 0.29) is 16.6 Å². The van der Waals surface area contributed by atoms with Gasteiger partial charge in [-0.1, -0.05) is 13.3 Å². The molecule has 23 heavy (non-hydrogen) atoms. The minimum absolute atomic E-state index is 0.0131. The number of rotatable bonds is 6. The zero-order valence-electron chi connectivity index (χ0n) is 13.5. The van der Waals surface area contributed by atoms with Crippen LogP contribution in [-0.2, 0) is 10.0 Å². The highest BCUT2D eigenvalue weighted by Gasteiger charge is 2.28. The van der Waals surface area contributed by atoms with Crippen molar-refractivity contribution in [1.29, 1.82) is 0 Å². The van der Waals surface area contributed by atoms with Gasteiger partial charge in [0, 0.05) is 25.2 Å². The third kappa shape index (κ3) is 4.00. The molecule has 0 saturated carbocycles. The van der Waals surface area contributed by atoms with E-state index in [1.54, 1.807) is 0 Å². The highest BCUT2D eigenvalue weighted by Crippen LogP contribution is 2.30. The Kier molecular flexibility index (Phi) is 5.59. The number of nitro benzene ring substituents is 1. The van der Waals surface area contributed by atoms with Gasteiger partial charge in [0.15, 0.2) is 0 Å². The molecular formula is C15H23N3O4S. The second kappa shape index (κ2) is 7.27. The highest BCUT2D eigenvalue weighted by molar-refractivity contribution is 7.89. The van der Waals surface area contributed by atoms with Gasteiger partial charge in [-0.15, -0.1) is 0 Å². The van der Waals surface area contributed by atoms with Crippen molar-refractivity contribution in [2.75, 3.05) is 18.4 Å². The third-order valence-corrected chi connectivity index (χ3v) is 6.03. The molecule has 1 N–H and O–H groups in total. The number of benzene rings is 1. The molecule has 1 fully saturated rings. The van der Waals surface area contributed by atoms with Crippen LogP contribution in [0.4, 0.5) is 11.4 Å². The predicted octanol–water partition coefficient (Wildman–Crippen LogP) is 2.98. The molecule has 1 saturated heterocycles. The van der Waals surface area contributed by atoms with Crippen LogP contribution in [0.15, 0.2) is 23.1 Å². The summed E-state index contributed by atoms with van der Waals surface area (Å²) in [6.07, 6.45) is 3.48. The Labute approximate surface area is 136 Å². The molecule has 1 aliphatic heterocycles. The van der Waals surface area contributed by atoms with Gasteiger partial charge in [0.25, 0.3) is 5.69 Å². The minimum atomic E-state index is -3.67. The van der Waals surface area contributed by atoms with Crippen LogP contribution in [0.1, 0.15) is 39.5 Å². The molecule has 0 spiro atoms. The normalized spacial score (nSPS) is 17.7. The van der Waals surface area contributed by atoms with E-state index >= 15 is 0 Å². The number of hydrogen-bond donors (Lipinski definition) is 1. The number of piperidine rings is 1. The molecule has 0 bridgehead atoms. The molecule has 0 amide bonds. The van der Waals surface area contributed by atoms with E-state index in [0.717, 1.165) is 31.7 Å². The topological polar surface area (TPSA) is 92.6 Å². The molecular weight excluding hydrogens is 318 g/mol. The molecule has 0 radical (unpaired) electrons. The Morgan fingerprint density at radius 2 is 1.96 bits per heavy atom. The SMILES string of the molecule is CCC(C)Nc1ccc(S(=O)(=O)N2CCCCC2)cc1[N+](=O)[O-]. The first-order chi connectivity index (χ1) is 10.9. The van der Waals surface area contributed by atoms with Crippen LogP contribution < -0.4 is 5.32 Å². The maximum Gasteiger partial charge on any atom is 0.293 e. The molecule has 7 nitrogen and oxygen atoms in total. The van der Waals surface area contributed by atoms with E-state index in [2.05, 4.69) is 5.32 Å². The number of nitro groups is 1. The lowest BCUT2D eigenvalue weighted by atomic mass is 10.2. The molecule has 1 aliphatic rings. The smallest absolute Gasteiger partial charge is 0.293 e. The summed E-state index contributed by atoms with van der Waals surface area (Å²) in [4.78, 5) is 10.7. The van der Waals surface area contributed by atoms with Gasteiger partial charge in [0.1, 0.15) is 5.69 Å². The van der Waals surface area contributed by atoms with E-state index in [0.29, 0.717) is 18.8 Å². The number of nitrogens with zero attached hydrogens (tertiary/aromatic N) is 2. The van der Waals surface area contributed by atoms with Gasteiger partial charge in [-0.25, -0.2) is 8.42 Å². The largest absolute Gasteiger partial charge is 0.377 e. The monoisotopic (exact) mass is 341 g/mol. The van der Waals surface area contributed by atoms with E-state index < -0.39 is 14.9 Å². The molecule has 1 aromatic carbocycles. The van der Waals surface area contributed by atoms with Crippen molar-refractivity contribution >= 4 is 21.4 Å². The Morgan fingerprint density at radius 1 is 1.30 bits per heavy atom. The van der Waals surface area contributed by atoms with Crippen LogP contribution in [-0.4, -0.2) is 36.8 Å². The highest BCUT2D eigenvalue weighted by atomic mass is 32.2.